The van der Waals surface area contributed by atoms with Crippen LogP contribution in [0.5, 0.6) is 0 Å². The van der Waals surface area contributed by atoms with E-state index in [9.17, 15) is 14.4 Å². The Kier molecular flexibility index (Phi) is 5.14. The lowest BCUT2D eigenvalue weighted by atomic mass is 10.1. The topological polar surface area (TPSA) is 94.8 Å². The number of ether oxygens (including phenoxy) is 2. The zero-order chi connectivity index (χ0) is 16.8. The van der Waals surface area contributed by atoms with Gasteiger partial charge < -0.3 is 19.2 Å². The van der Waals surface area contributed by atoms with E-state index in [0.717, 1.165) is 5.56 Å². The maximum Gasteiger partial charge on any atom is 0.374 e. The van der Waals surface area contributed by atoms with E-state index in [0.29, 0.717) is 11.3 Å². The third-order valence-corrected chi connectivity index (χ3v) is 2.99. The number of hydrogen-bond acceptors (Lipinski definition) is 6. The first-order chi connectivity index (χ1) is 11.0. The fourth-order valence-electron chi connectivity index (χ4n) is 1.78. The summed E-state index contributed by atoms with van der Waals surface area (Å²) in [6.07, 6.45) is 1.33. The molecule has 7 nitrogen and oxygen atoms in total. The van der Waals surface area contributed by atoms with Gasteiger partial charge in [0.1, 0.15) is 0 Å². The molecule has 0 bridgehead atoms. The summed E-state index contributed by atoms with van der Waals surface area (Å²) in [5.41, 5.74) is 1.50. The van der Waals surface area contributed by atoms with Gasteiger partial charge in [0.2, 0.25) is 5.76 Å². The monoisotopic (exact) mass is 317 g/mol. The van der Waals surface area contributed by atoms with Crippen LogP contribution in [-0.2, 0) is 14.3 Å². The van der Waals surface area contributed by atoms with Crippen molar-refractivity contribution in [1.29, 1.82) is 0 Å². The lowest BCUT2D eigenvalue weighted by Gasteiger charge is -2.10. The quantitative estimate of drug-likeness (QED) is 0.849. The van der Waals surface area contributed by atoms with Crippen LogP contribution in [0.25, 0.3) is 0 Å². The van der Waals surface area contributed by atoms with E-state index in [1.807, 2.05) is 0 Å². The average Bonchev–Trinajstić information content (AvgIpc) is 3.08. The second kappa shape index (κ2) is 7.26. The molecule has 7 heteroatoms. The van der Waals surface area contributed by atoms with Crippen molar-refractivity contribution in [3.63, 3.8) is 0 Å². The molecule has 1 heterocycles. The maximum atomic E-state index is 11.9. The molecule has 0 fully saturated rings. The Balaban J connectivity index is 1.97. The molecule has 1 aromatic heterocycles. The number of nitrogens with one attached hydrogen (secondary N) is 1. The maximum absolute atomic E-state index is 11.9. The van der Waals surface area contributed by atoms with Gasteiger partial charge in [-0.1, -0.05) is 6.07 Å². The minimum absolute atomic E-state index is 0.0154. The molecule has 2 aromatic rings. The number of methoxy groups -OCH3 is 1. The van der Waals surface area contributed by atoms with Gasteiger partial charge in [0, 0.05) is 5.69 Å². The highest BCUT2D eigenvalue weighted by molar-refractivity contribution is 5.97. The van der Waals surface area contributed by atoms with Gasteiger partial charge in [-0.15, -0.1) is 0 Å². The smallest absolute Gasteiger partial charge is 0.374 e. The number of aryl methyl sites for hydroxylation is 1. The molecule has 0 saturated carbocycles. The summed E-state index contributed by atoms with van der Waals surface area (Å²) in [4.78, 5) is 34.9. The number of hydrogen-bond donors (Lipinski definition) is 1. The van der Waals surface area contributed by atoms with Crippen LogP contribution in [0.2, 0.25) is 0 Å². The number of rotatable bonds is 5. The molecule has 23 heavy (non-hydrogen) atoms. The van der Waals surface area contributed by atoms with Crippen molar-refractivity contribution in [2.24, 2.45) is 0 Å². The number of amides is 1. The van der Waals surface area contributed by atoms with Crippen molar-refractivity contribution in [3.05, 3.63) is 53.5 Å². The van der Waals surface area contributed by atoms with E-state index in [1.165, 1.54) is 25.5 Å². The Hall–Kier alpha value is -3.09. The predicted molar refractivity (Wildman–Crippen MR) is 80.1 cm³/mol. The molecule has 1 aromatic carbocycles. The van der Waals surface area contributed by atoms with Crippen molar-refractivity contribution in [2.75, 3.05) is 19.0 Å². The minimum atomic E-state index is -0.731. The lowest BCUT2D eigenvalue weighted by Crippen LogP contribution is -2.21. The summed E-state index contributed by atoms with van der Waals surface area (Å²) in [7, 11) is 1.27. The van der Waals surface area contributed by atoms with E-state index in [4.69, 9.17) is 9.15 Å². The second-order valence-electron chi connectivity index (χ2n) is 4.62. The molecule has 0 radical (unpaired) electrons. The highest BCUT2D eigenvalue weighted by Crippen LogP contribution is 2.17. The summed E-state index contributed by atoms with van der Waals surface area (Å²) in [5, 5.41) is 2.58. The van der Waals surface area contributed by atoms with Gasteiger partial charge in [0.25, 0.3) is 5.91 Å². The largest absolute Gasteiger partial charge is 0.465 e. The number of carbonyl (C=O) groups is 3. The van der Waals surface area contributed by atoms with Crippen molar-refractivity contribution >= 4 is 23.5 Å². The molecular formula is C16H15NO6. The van der Waals surface area contributed by atoms with Crippen molar-refractivity contribution in [1.82, 2.24) is 0 Å². The van der Waals surface area contributed by atoms with E-state index in [2.05, 4.69) is 10.1 Å². The summed E-state index contributed by atoms with van der Waals surface area (Å²) in [5.74, 6) is -1.76. The Bertz CT molecular complexity index is 720. The highest BCUT2D eigenvalue weighted by Gasteiger charge is 2.14. The van der Waals surface area contributed by atoms with Crippen LogP contribution in [0.1, 0.15) is 26.5 Å². The molecule has 0 spiro atoms. The van der Waals surface area contributed by atoms with Gasteiger partial charge in [0.05, 0.1) is 18.9 Å². The molecule has 2 rings (SSSR count). The number of carbonyl (C=O) groups excluding carboxylic acids is 3. The van der Waals surface area contributed by atoms with E-state index >= 15 is 0 Å². The predicted octanol–water partition coefficient (Wildman–Crippen LogP) is 2.17. The van der Waals surface area contributed by atoms with Crippen LogP contribution in [0.3, 0.4) is 0 Å². The lowest BCUT2D eigenvalue weighted by molar-refractivity contribution is -0.119. The van der Waals surface area contributed by atoms with Crippen LogP contribution in [0.15, 0.2) is 41.0 Å². The molecule has 0 aliphatic rings. The third kappa shape index (κ3) is 4.19. The van der Waals surface area contributed by atoms with Crippen molar-refractivity contribution < 1.29 is 28.3 Å². The summed E-state index contributed by atoms with van der Waals surface area (Å²) < 4.78 is 14.3. The molecule has 0 unspecified atom stereocenters. The van der Waals surface area contributed by atoms with Crippen LogP contribution in [0.4, 0.5) is 5.69 Å². The van der Waals surface area contributed by atoms with Crippen molar-refractivity contribution in [3.8, 4) is 0 Å². The second-order valence-corrected chi connectivity index (χ2v) is 4.62. The first kappa shape index (κ1) is 16.3. The Morgan fingerprint density at radius 2 is 1.96 bits per heavy atom. The minimum Gasteiger partial charge on any atom is -0.465 e. The van der Waals surface area contributed by atoms with Crippen molar-refractivity contribution in [2.45, 2.75) is 6.92 Å². The normalized spacial score (nSPS) is 10.0. The third-order valence-electron chi connectivity index (χ3n) is 2.99. The van der Waals surface area contributed by atoms with E-state index in [-0.39, 0.29) is 5.76 Å². The zero-order valence-electron chi connectivity index (χ0n) is 12.6. The standard InChI is InChI=1S/C16H15NO6/c1-10-5-6-11(15(19)21-2)8-12(10)17-14(18)9-23-16(20)13-4-3-7-22-13/h3-8H,9H2,1-2H3,(H,17,18). The van der Waals surface area contributed by atoms with Gasteiger partial charge in [-0.05, 0) is 36.8 Å². The number of benzene rings is 1. The van der Waals surface area contributed by atoms with E-state index in [1.54, 1.807) is 25.1 Å². The van der Waals surface area contributed by atoms with Gasteiger partial charge in [-0.2, -0.15) is 0 Å². The number of esters is 2. The zero-order valence-corrected chi connectivity index (χ0v) is 12.6. The molecule has 0 aliphatic heterocycles. The van der Waals surface area contributed by atoms with Crippen LogP contribution in [0, 0.1) is 6.92 Å². The molecule has 1 amide bonds. The highest BCUT2D eigenvalue weighted by atomic mass is 16.5. The SMILES string of the molecule is COC(=O)c1ccc(C)c(NC(=O)COC(=O)c2ccco2)c1. The first-order valence-electron chi connectivity index (χ1n) is 6.70. The van der Waals surface area contributed by atoms with Crippen LogP contribution >= 0.6 is 0 Å². The molecular weight excluding hydrogens is 302 g/mol. The fraction of sp³-hybridized carbons (Fsp3) is 0.188. The molecule has 0 atom stereocenters. The van der Waals surface area contributed by atoms with Gasteiger partial charge >= 0.3 is 11.9 Å². The number of anilines is 1. The van der Waals surface area contributed by atoms with Crippen LogP contribution in [-0.4, -0.2) is 31.6 Å². The van der Waals surface area contributed by atoms with Gasteiger partial charge in [-0.25, -0.2) is 9.59 Å². The average molecular weight is 317 g/mol. The summed E-state index contributed by atoms with van der Waals surface area (Å²) in [6, 6.07) is 7.74. The fourth-order valence-corrected chi connectivity index (χ4v) is 1.78. The molecule has 120 valence electrons. The molecule has 0 aliphatic carbocycles. The summed E-state index contributed by atoms with van der Waals surface area (Å²) >= 11 is 0. The first-order valence-corrected chi connectivity index (χ1v) is 6.70. The van der Waals surface area contributed by atoms with E-state index < -0.39 is 24.5 Å². The Morgan fingerprint density at radius 3 is 2.61 bits per heavy atom. The van der Waals surface area contributed by atoms with Crippen LogP contribution < -0.4 is 5.32 Å². The molecule has 0 saturated heterocycles. The Labute approximate surface area is 132 Å². The van der Waals surface area contributed by atoms with Gasteiger partial charge in [0.15, 0.2) is 6.61 Å². The summed E-state index contributed by atoms with van der Waals surface area (Å²) in [6.45, 7) is 1.30. The molecule has 1 N–H and O–H groups in total. The van der Waals surface area contributed by atoms with Gasteiger partial charge in [-0.3, -0.25) is 4.79 Å². The number of furan rings is 1. The Morgan fingerprint density at radius 1 is 1.17 bits per heavy atom.